The largest absolute Gasteiger partial charge is 0.462 e. The highest BCUT2D eigenvalue weighted by molar-refractivity contribution is 8.13. The second-order valence-electron chi connectivity index (χ2n) is 4.92. The monoisotopic (exact) mass is 354 g/mol. The van der Waals surface area contributed by atoms with Crippen LogP contribution < -0.4 is 0 Å². The number of esters is 1. The number of halogens is 3. The first kappa shape index (κ1) is 16.5. The highest BCUT2D eigenvalue weighted by Gasteiger charge is 2.25. The molecule has 0 atom stereocenters. The number of rotatable bonds is 5. The third-order valence-corrected chi connectivity index (χ3v) is 5.01. The van der Waals surface area contributed by atoms with Crippen LogP contribution in [0.1, 0.15) is 36.0 Å². The molecule has 0 heterocycles. The summed E-state index contributed by atoms with van der Waals surface area (Å²) in [5, 5.41) is -0.110. The Morgan fingerprint density at radius 1 is 1.38 bits per heavy atom. The van der Waals surface area contributed by atoms with E-state index in [2.05, 4.69) is 0 Å². The van der Waals surface area contributed by atoms with Gasteiger partial charge in [-0.25, -0.2) is 17.6 Å². The maximum atomic E-state index is 14.0. The standard InChI is InChI=1S/C13H13Cl2FO4S/c14-9-6-10(12(16)11(7-9)21(15,18)19)13(17)20-5-4-8-2-1-3-8/h6-8H,1-5H2. The van der Waals surface area contributed by atoms with Crippen LogP contribution in [0.3, 0.4) is 0 Å². The predicted molar refractivity (Wildman–Crippen MR) is 76.7 cm³/mol. The van der Waals surface area contributed by atoms with E-state index in [4.69, 9.17) is 27.0 Å². The first-order valence-electron chi connectivity index (χ1n) is 6.40. The van der Waals surface area contributed by atoms with E-state index in [1.807, 2.05) is 0 Å². The lowest BCUT2D eigenvalue weighted by Gasteiger charge is -2.24. The smallest absolute Gasteiger partial charge is 0.341 e. The topological polar surface area (TPSA) is 60.4 Å². The number of hydrogen-bond acceptors (Lipinski definition) is 4. The molecule has 1 saturated carbocycles. The maximum absolute atomic E-state index is 14.0. The first-order valence-corrected chi connectivity index (χ1v) is 9.08. The number of carbonyl (C=O) groups excluding carboxylic acids is 1. The first-order chi connectivity index (χ1) is 9.79. The van der Waals surface area contributed by atoms with Crippen molar-refractivity contribution in [1.29, 1.82) is 0 Å². The Bertz CT molecular complexity index is 656. The lowest BCUT2D eigenvalue weighted by molar-refractivity contribution is 0.0458. The van der Waals surface area contributed by atoms with Crippen LogP contribution in [0.4, 0.5) is 4.39 Å². The molecule has 1 aliphatic carbocycles. The van der Waals surface area contributed by atoms with Gasteiger partial charge < -0.3 is 4.74 Å². The van der Waals surface area contributed by atoms with Crippen LogP contribution >= 0.6 is 22.3 Å². The van der Waals surface area contributed by atoms with Gasteiger partial charge >= 0.3 is 5.97 Å². The molecule has 0 amide bonds. The third kappa shape index (κ3) is 4.08. The number of carbonyl (C=O) groups is 1. The van der Waals surface area contributed by atoms with Crippen molar-refractivity contribution in [3.63, 3.8) is 0 Å². The molecule has 0 bridgehead atoms. The van der Waals surface area contributed by atoms with E-state index in [-0.39, 0.29) is 11.6 Å². The summed E-state index contributed by atoms with van der Waals surface area (Å²) in [5.74, 6) is -1.65. The molecular weight excluding hydrogens is 342 g/mol. The Balaban J connectivity index is 2.14. The molecule has 21 heavy (non-hydrogen) atoms. The van der Waals surface area contributed by atoms with Crippen molar-refractivity contribution in [1.82, 2.24) is 0 Å². The van der Waals surface area contributed by atoms with Crippen molar-refractivity contribution in [2.24, 2.45) is 5.92 Å². The molecule has 4 nitrogen and oxygen atoms in total. The van der Waals surface area contributed by atoms with E-state index < -0.39 is 31.3 Å². The number of benzene rings is 1. The van der Waals surface area contributed by atoms with Crippen LogP contribution in [0.15, 0.2) is 17.0 Å². The van der Waals surface area contributed by atoms with Crippen LogP contribution in [0.5, 0.6) is 0 Å². The highest BCUT2D eigenvalue weighted by atomic mass is 35.7. The van der Waals surface area contributed by atoms with Gasteiger partial charge in [-0.15, -0.1) is 0 Å². The molecule has 1 fully saturated rings. The fourth-order valence-electron chi connectivity index (χ4n) is 2.07. The van der Waals surface area contributed by atoms with E-state index in [1.165, 1.54) is 6.42 Å². The van der Waals surface area contributed by atoms with Gasteiger partial charge in [0.1, 0.15) is 4.90 Å². The molecule has 0 unspecified atom stereocenters. The zero-order valence-electron chi connectivity index (χ0n) is 10.9. The van der Waals surface area contributed by atoms with E-state index in [1.54, 1.807) is 0 Å². The van der Waals surface area contributed by atoms with Crippen molar-refractivity contribution in [2.75, 3.05) is 6.61 Å². The molecule has 0 N–H and O–H groups in total. The van der Waals surface area contributed by atoms with Crippen molar-refractivity contribution in [3.05, 3.63) is 28.5 Å². The molecule has 0 spiro atoms. The average Bonchev–Trinajstić information content (AvgIpc) is 2.33. The van der Waals surface area contributed by atoms with Crippen LogP contribution in [0.25, 0.3) is 0 Å². The number of hydrogen-bond donors (Lipinski definition) is 0. The molecule has 1 aromatic rings. The summed E-state index contributed by atoms with van der Waals surface area (Å²) in [7, 11) is 0.770. The van der Waals surface area contributed by atoms with Crippen LogP contribution in [0, 0.1) is 11.7 Å². The van der Waals surface area contributed by atoms with Crippen LogP contribution in [0.2, 0.25) is 5.02 Å². The molecule has 0 aliphatic heterocycles. The summed E-state index contributed by atoms with van der Waals surface area (Å²) in [6.45, 7) is 0.165. The summed E-state index contributed by atoms with van der Waals surface area (Å²) in [6.07, 6.45) is 4.11. The molecule has 0 saturated heterocycles. The summed E-state index contributed by atoms with van der Waals surface area (Å²) < 4.78 is 41.5. The van der Waals surface area contributed by atoms with E-state index >= 15 is 0 Å². The highest BCUT2D eigenvalue weighted by Crippen LogP contribution is 2.30. The van der Waals surface area contributed by atoms with E-state index in [0.717, 1.165) is 25.0 Å². The van der Waals surface area contributed by atoms with Gasteiger partial charge in [0.25, 0.3) is 9.05 Å². The number of ether oxygens (including phenoxy) is 1. The second kappa shape index (κ2) is 6.50. The summed E-state index contributed by atoms with van der Waals surface area (Å²) in [5.41, 5.74) is -0.532. The van der Waals surface area contributed by atoms with Gasteiger partial charge in [0.15, 0.2) is 5.82 Å². The summed E-state index contributed by atoms with van der Waals surface area (Å²) in [6, 6.07) is 1.87. The summed E-state index contributed by atoms with van der Waals surface area (Å²) >= 11 is 5.69. The third-order valence-electron chi connectivity index (χ3n) is 3.47. The van der Waals surface area contributed by atoms with Crippen molar-refractivity contribution < 1.29 is 22.3 Å². The lowest BCUT2D eigenvalue weighted by atomic mass is 9.83. The van der Waals surface area contributed by atoms with Crippen molar-refractivity contribution >= 4 is 37.3 Å². The molecule has 1 aliphatic rings. The molecule has 2 rings (SSSR count). The Kier molecular flexibility index (Phi) is 5.11. The minimum absolute atomic E-state index is 0.110. The van der Waals surface area contributed by atoms with E-state index in [0.29, 0.717) is 12.3 Å². The molecular formula is C13H13Cl2FO4S. The lowest BCUT2D eigenvalue weighted by Crippen LogP contribution is -2.16. The minimum atomic E-state index is -4.34. The van der Waals surface area contributed by atoms with Crippen molar-refractivity contribution in [2.45, 2.75) is 30.6 Å². The van der Waals surface area contributed by atoms with Gasteiger partial charge in [-0.05, 0) is 24.5 Å². The van der Waals surface area contributed by atoms with Crippen LogP contribution in [-0.2, 0) is 13.8 Å². The molecule has 0 aromatic heterocycles. The summed E-state index contributed by atoms with van der Waals surface area (Å²) in [4.78, 5) is 11.0. The van der Waals surface area contributed by atoms with Gasteiger partial charge in [-0.3, -0.25) is 0 Å². The Morgan fingerprint density at radius 2 is 2.05 bits per heavy atom. The molecule has 0 radical (unpaired) electrons. The SMILES string of the molecule is O=C(OCCC1CCC1)c1cc(Cl)cc(S(=O)(=O)Cl)c1F. The quantitative estimate of drug-likeness (QED) is 0.596. The van der Waals surface area contributed by atoms with Gasteiger partial charge in [0.05, 0.1) is 12.2 Å². The second-order valence-corrected chi connectivity index (χ2v) is 7.90. The normalized spacial score (nSPS) is 15.6. The molecule has 8 heteroatoms. The van der Waals surface area contributed by atoms with Gasteiger partial charge in [0.2, 0.25) is 0 Å². The Hall–Kier alpha value is -0.850. The van der Waals surface area contributed by atoms with Crippen molar-refractivity contribution in [3.8, 4) is 0 Å². The molecule has 1 aromatic carbocycles. The predicted octanol–water partition coefficient (Wildman–Crippen LogP) is 3.75. The van der Waals surface area contributed by atoms with Gasteiger partial charge in [-0.2, -0.15) is 0 Å². The zero-order chi connectivity index (χ0) is 15.6. The molecule has 116 valence electrons. The van der Waals surface area contributed by atoms with Crippen LogP contribution in [-0.4, -0.2) is 21.0 Å². The average molecular weight is 355 g/mol. The Morgan fingerprint density at radius 3 is 2.57 bits per heavy atom. The van der Waals surface area contributed by atoms with Gasteiger partial charge in [-0.1, -0.05) is 30.9 Å². The minimum Gasteiger partial charge on any atom is -0.462 e. The Labute approximate surface area is 131 Å². The van der Waals surface area contributed by atoms with E-state index in [9.17, 15) is 17.6 Å². The zero-order valence-corrected chi connectivity index (χ0v) is 13.3. The maximum Gasteiger partial charge on any atom is 0.341 e. The fourth-order valence-corrected chi connectivity index (χ4v) is 3.28. The van der Waals surface area contributed by atoms with Gasteiger partial charge in [0, 0.05) is 15.7 Å². The fraction of sp³-hybridized carbons (Fsp3) is 0.462.